The van der Waals surface area contributed by atoms with E-state index in [1.54, 1.807) is 43.5 Å². The smallest absolute Gasteiger partial charge is 0.251 e. The number of amides is 1. The zero-order chi connectivity index (χ0) is 25.5. The van der Waals surface area contributed by atoms with Gasteiger partial charge in [-0.3, -0.25) is 9.59 Å². The fourth-order valence-corrected chi connectivity index (χ4v) is 4.08. The predicted molar refractivity (Wildman–Crippen MR) is 139 cm³/mol. The molecule has 3 aromatic carbocycles. The fourth-order valence-electron chi connectivity index (χ4n) is 4.08. The van der Waals surface area contributed by atoms with Crippen LogP contribution < -0.4 is 10.6 Å². The number of ketones is 1. The molecule has 4 rings (SSSR count). The Morgan fingerprint density at radius 2 is 1.81 bits per heavy atom. The summed E-state index contributed by atoms with van der Waals surface area (Å²) in [5, 5.41) is 25.2. The summed E-state index contributed by atoms with van der Waals surface area (Å²) in [5.74, 6) is -0.356. The molecule has 0 saturated carbocycles. The molecule has 2 atom stereocenters. The van der Waals surface area contributed by atoms with Gasteiger partial charge in [0.2, 0.25) is 0 Å². The van der Waals surface area contributed by atoms with Crippen LogP contribution in [0.3, 0.4) is 0 Å². The molecule has 4 N–H and O–H groups in total. The molecule has 0 saturated heterocycles. The number of aromatic amines is 1. The number of nitriles is 1. The second-order valence-electron chi connectivity index (χ2n) is 8.74. The third kappa shape index (κ3) is 5.87. The van der Waals surface area contributed by atoms with Gasteiger partial charge >= 0.3 is 0 Å². The van der Waals surface area contributed by atoms with E-state index in [0.29, 0.717) is 35.2 Å². The molecule has 0 aliphatic rings. The van der Waals surface area contributed by atoms with Crippen LogP contribution in [-0.4, -0.2) is 41.0 Å². The van der Waals surface area contributed by atoms with Gasteiger partial charge in [0.05, 0.1) is 23.8 Å². The Hall–Kier alpha value is -4.25. The highest BCUT2D eigenvalue weighted by molar-refractivity contribution is 6.11. The monoisotopic (exact) mass is 480 g/mol. The highest BCUT2D eigenvalue weighted by Gasteiger charge is 2.24. The molecule has 1 amide bonds. The van der Waals surface area contributed by atoms with Crippen LogP contribution in [0.1, 0.15) is 50.4 Å². The molecule has 0 aliphatic carbocycles. The topological polar surface area (TPSA) is 118 Å². The van der Waals surface area contributed by atoms with Crippen LogP contribution in [0.25, 0.3) is 10.9 Å². The normalized spacial score (nSPS) is 12.6. The first-order chi connectivity index (χ1) is 17.5. The van der Waals surface area contributed by atoms with Gasteiger partial charge in [0, 0.05) is 41.3 Å². The van der Waals surface area contributed by atoms with Crippen molar-refractivity contribution < 1.29 is 14.7 Å². The van der Waals surface area contributed by atoms with Crippen LogP contribution in [0.4, 0.5) is 0 Å². The number of nitrogens with zero attached hydrogens (tertiary/aromatic N) is 1. The Morgan fingerprint density at radius 3 is 2.50 bits per heavy atom. The summed E-state index contributed by atoms with van der Waals surface area (Å²) in [5.41, 5.74) is 4.24. The van der Waals surface area contributed by atoms with Gasteiger partial charge in [-0.1, -0.05) is 48.5 Å². The van der Waals surface area contributed by atoms with Gasteiger partial charge in [-0.15, -0.1) is 0 Å². The van der Waals surface area contributed by atoms with Crippen molar-refractivity contribution in [2.75, 3.05) is 13.1 Å². The van der Waals surface area contributed by atoms with Gasteiger partial charge in [-0.05, 0) is 48.7 Å². The molecule has 36 heavy (non-hydrogen) atoms. The quantitative estimate of drug-likeness (QED) is 0.257. The number of benzene rings is 3. The Balaban J connectivity index is 1.53. The van der Waals surface area contributed by atoms with Crippen molar-refractivity contribution in [3.8, 4) is 6.07 Å². The van der Waals surface area contributed by atoms with Crippen LogP contribution in [0.5, 0.6) is 0 Å². The van der Waals surface area contributed by atoms with Crippen LogP contribution in [0.15, 0.2) is 79.0 Å². The molecule has 0 bridgehead atoms. The van der Waals surface area contributed by atoms with E-state index in [1.807, 2.05) is 42.5 Å². The maximum absolute atomic E-state index is 13.7. The molecule has 0 fully saturated rings. The number of fused-ring (bicyclic) bond motifs is 1. The summed E-state index contributed by atoms with van der Waals surface area (Å²) in [4.78, 5) is 29.2. The zero-order valence-corrected chi connectivity index (χ0v) is 20.0. The molecule has 7 heteroatoms. The van der Waals surface area contributed by atoms with Gasteiger partial charge in [0.15, 0.2) is 5.78 Å². The van der Waals surface area contributed by atoms with E-state index in [2.05, 4.69) is 21.7 Å². The number of hydrogen-bond donors (Lipinski definition) is 4. The number of carbonyl (C=O) groups excluding carboxylic acids is 2. The molecular weight excluding hydrogens is 452 g/mol. The summed E-state index contributed by atoms with van der Waals surface area (Å²) in [6.45, 7) is 2.35. The molecule has 0 aliphatic heterocycles. The van der Waals surface area contributed by atoms with Gasteiger partial charge < -0.3 is 20.7 Å². The number of hydrogen-bond acceptors (Lipinski definition) is 5. The summed E-state index contributed by atoms with van der Waals surface area (Å²) in [7, 11) is 0. The van der Waals surface area contributed by atoms with Crippen molar-refractivity contribution in [1.82, 2.24) is 15.6 Å². The van der Waals surface area contributed by atoms with E-state index >= 15 is 0 Å². The standard InChI is InChI=1S/C29H28N4O3/c1-19(34)17-33-29(36)23-11-12-24-25(18-32-26(24)15-23)28(35)27(22-5-3-2-4-6-22)31-14-13-20-7-9-21(16-30)10-8-20/h2-12,15,18-19,27,31-32,34H,13-14,17H2,1H3,(H,33,36)/t19-,27?/m0/s1. The minimum atomic E-state index is -0.633. The van der Waals surface area contributed by atoms with Gasteiger partial charge in [0.25, 0.3) is 5.91 Å². The second-order valence-corrected chi connectivity index (χ2v) is 8.74. The summed E-state index contributed by atoms with van der Waals surface area (Å²) in [6, 6.07) is 23.8. The first kappa shape index (κ1) is 24.9. The van der Waals surface area contributed by atoms with E-state index in [9.17, 15) is 14.7 Å². The fraction of sp³-hybridized carbons (Fsp3) is 0.207. The molecule has 182 valence electrons. The van der Waals surface area contributed by atoms with Crippen molar-refractivity contribution in [2.45, 2.75) is 25.5 Å². The van der Waals surface area contributed by atoms with Crippen molar-refractivity contribution in [1.29, 1.82) is 5.26 Å². The largest absolute Gasteiger partial charge is 0.392 e. The van der Waals surface area contributed by atoms with E-state index in [0.717, 1.165) is 16.5 Å². The van der Waals surface area contributed by atoms with Gasteiger partial charge in [0.1, 0.15) is 0 Å². The average Bonchev–Trinajstić information content (AvgIpc) is 3.33. The second kappa shape index (κ2) is 11.5. The number of aromatic nitrogens is 1. The molecular formula is C29H28N4O3. The number of aliphatic hydroxyl groups is 1. The zero-order valence-electron chi connectivity index (χ0n) is 20.0. The van der Waals surface area contributed by atoms with E-state index < -0.39 is 12.1 Å². The molecule has 4 aromatic rings. The SMILES string of the molecule is C[C@H](O)CNC(=O)c1ccc2c(C(=O)C(NCCc3ccc(C#N)cc3)c3ccccc3)c[nH]c2c1. The molecule has 0 spiro atoms. The lowest BCUT2D eigenvalue weighted by atomic mass is 9.96. The van der Waals surface area contributed by atoms with E-state index in [4.69, 9.17) is 5.26 Å². The van der Waals surface area contributed by atoms with Crippen molar-refractivity contribution in [3.63, 3.8) is 0 Å². The minimum absolute atomic E-state index is 0.0708. The summed E-state index contributed by atoms with van der Waals surface area (Å²) < 4.78 is 0. The van der Waals surface area contributed by atoms with Crippen molar-refractivity contribution in [3.05, 3.63) is 107 Å². The maximum atomic E-state index is 13.7. The summed E-state index contributed by atoms with van der Waals surface area (Å²) >= 11 is 0. The Kier molecular flexibility index (Phi) is 7.91. The highest BCUT2D eigenvalue weighted by atomic mass is 16.3. The Labute approximate surface area is 209 Å². The van der Waals surface area contributed by atoms with Gasteiger partial charge in [-0.2, -0.15) is 5.26 Å². The number of H-pyrrole nitrogens is 1. The summed E-state index contributed by atoms with van der Waals surface area (Å²) in [6.07, 6.45) is 1.76. The van der Waals surface area contributed by atoms with Crippen molar-refractivity contribution >= 4 is 22.6 Å². The first-order valence-corrected chi connectivity index (χ1v) is 11.8. The van der Waals surface area contributed by atoms with Crippen LogP contribution in [0.2, 0.25) is 0 Å². The minimum Gasteiger partial charge on any atom is -0.392 e. The van der Waals surface area contributed by atoms with Crippen LogP contribution >= 0.6 is 0 Å². The third-order valence-corrected chi connectivity index (χ3v) is 6.01. The lowest BCUT2D eigenvalue weighted by Crippen LogP contribution is -2.30. The number of Topliss-reactive ketones (excluding diaryl/α,β-unsaturated/α-hetero) is 1. The molecule has 1 heterocycles. The average molecular weight is 481 g/mol. The van der Waals surface area contributed by atoms with E-state index in [1.165, 1.54) is 0 Å². The van der Waals surface area contributed by atoms with E-state index in [-0.39, 0.29) is 18.2 Å². The number of carbonyl (C=O) groups is 2. The molecule has 7 nitrogen and oxygen atoms in total. The van der Waals surface area contributed by atoms with Crippen LogP contribution in [-0.2, 0) is 6.42 Å². The number of aliphatic hydroxyl groups excluding tert-OH is 1. The van der Waals surface area contributed by atoms with Crippen LogP contribution in [0, 0.1) is 11.3 Å². The number of nitrogens with one attached hydrogen (secondary N) is 3. The molecule has 1 unspecified atom stereocenters. The predicted octanol–water partition coefficient (Wildman–Crippen LogP) is 3.91. The first-order valence-electron chi connectivity index (χ1n) is 11.8. The van der Waals surface area contributed by atoms with Crippen molar-refractivity contribution in [2.24, 2.45) is 0 Å². The lowest BCUT2D eigenvalue weighted by Gasteiger charge is -2.18. The Morgan fingerprint density at radius 1 is 1.06 bits per heavy atom. The molecule has 0 radical (unpaired) electrons. The van der Waals surface area contributed by atoms with Gasteiger partial charge in [-0.25, -0.2) is 0 Å². The maximum Gasteiger partial charge on any atom is 0.251 e. The Bertz CT molecular complexity index is 1390. The lowest BCUT2D eigenvalue weighted by molar-refractivity contribution is 0.0922. The highest BCUT2D eigenvalue weighted by Crippen LogP contribution is 2.26. The molecule has 1 aromatic heterocycles. The number of rotatable bonds is 10. The third-order valence-electron chi connectivity index (χ3n) is 6.01.